The minimum absolute atomic E-state index is 0.225. The standard InChI is InChI=1S/C9H11ClN2O4S/c10-7-5-6(1-2-8(7)11)12-17(15,16)4-3-9(13)14/h1-2,5,12H,3-4,11H2,(H,13,14). The fourth-order valence-corrected chi connectivity index (χ4v) is 2.25. The molecule has 0 saturated heterocycles. The maximum Gasteiger partial charge on any atom is 0.304 e. The van der Waals surface area contributed by atoms with E-state index in [0.29, 0.717) is 5.69 Å². The van der Waals surface area contributed by atoms with Gasteiger partial charge in [-0.3, -0.25) is 9.52 Å². The first kappa shape index (κ1) is 13.6. The molecule has 0 spiro atoms. The average Bonchev–Trinajstić information content (AvgIpc) is 2.21. The molecule has 8 heteroatoms. The Balaban J connectivity index is 2.76. The Bertz CT molecular complexity index is 530. The molecule has 0 heterocycles. The number of hydrogen-bond acceptors (Lipinski definition) is 4. The van der Waals surface area contributed by atoms with E-state index in [1.165, 1.54) is 18.2 Å². The van der Waals surface area contributed by atoms with Gasteiger partial charge in [0, 0.05) is 0 Å². The molecule has 0 atom stereocenters. The van der Waals surface area contributed by atoms with Crippen LogP contribution in [0, 0.1) is 0 Å². The first-order valence-corrected chi connectivity index (χ1v) is 6.60. The largest absolute Gasteiger partial charge is 0.481 e. The molecule has 1 aromatic carbocycles. The number of anilines is 2. The molecule has 0 bridgehead atoms. The molecule has 0 fully saturated rings. The monoisotopic (exact) mass is 278 g/mol. The number of hydrogen-bond donors (Lipinski definition) is 3. The fourth-order valence-electron chi connectivity index (χ4n) is 1.04. The van der Waals surface area contributed by atoms with Gasteiger partial charge in [-0.05, 0) is 18.2 Å². The molecule has 0 amide bonds. The van der Waals surface area contributed by atoms with Gasteiger partial charge in [0.15, 0.2) is 0 Å². The third-order valence-corrected chi connectivity index (χ3v) is 3.47. The normalized spacial score (nSPS) is 11.1. The van der Waals surface area contributed by atoms with Gasteiger partial charge in [0.25, 0.3) is 0 Å². The number of carboxylic acid groups (broad SMARTS) is 1. The van der Waals surface area contributed by atoms with Crippen molar-refractivity contribution in [3.63, 3.8) is 0 Å². The highest BCUT2D eigenvalue weighted by Crippen LogP contribution is 2.23. The smallest absolute Gasteiger partial charge is 0.304 e. The predicted molar refractivity (Wildman–Crippen MR) is 65.5 cm³/mol. The van der Waals surface area contributed by atoms with Crippen LogP contribution in [0.1, 0.15) is 6.42 Å². The van der Waals surface area contributed by atoms with E-state index < -0.39 is 28.2 Å². The Hall–Kier alpha value is -1.47. The summed E-state index contributed by atoms with van der Waals surface area (Å²) >= 11 is 5.72. The van der Waals surface area contributed by atoms with Crippen LogP contribution in [0.15, 0.2) is 18.2 Å². The Labute approximate surface area is 103 Å². The third kappa shape index (κ3) is 4.49. The van der Waals surface area contributed by atoms with Crippen molar-refractivity contribution in [3.05, 3.63) is 23.2 Å². The van der Waals surface area contributed by atoms with Crippen LogP contribution >= 0.6 is 11.6 Å². The Morgan fingerprint density at radius 2 is 2.12 bits per heavy atom. The molecule has 1 rings (SSSR count). The van der Waals surface area contributed by atoms with Crippen LogP contribution < -0.4 is 10.5 Å². The lowest BCUT2D eigenvalue weighted by atomic mass is 10.3. The van der Waals surface area contributed by atoms with Crippen molar-refractivity contribution < 1.29 is 18.3 Å². The first-order chi connectivity index (χ1) is 7.80. The van der Waals surface area contributed by atoms with Crippen molar-refractivity contribution >= 4 is 39.0 Å². The number of nitrogens with one attached hydrogen (secondary N) is 1. The van der Waals surface area contributed by atoms with E-state index in [-0.39, 0.29) is 10.7 Å². The Morgan fingerprint density at radius 1 is 1.47 bits per heavy atom. The number of nitrogen functional groups attached to an aromatic ring is 1. The third-order valence-electron chi connectivity index (χ3n) is 1.86. The van der Waals surface area contributed by atoms with Crippen molar-refractivity contribution in [1.29, 1.82) is 0 Å². The van der Waals surface area contributed by atoms with Crippen molar-refractivity contribution in [2.75, 3.05) is 16.2 Å². The van der Waals surface area contributed by atoms with E-state index in [2.05, 4.69) is 4.72 Å². The molecule has 0 radical (unpaired) electrons. The van der Waals surface area contributed by atoms with Gasteiger partial charge in [-0.15, -0.1) is 0 Å². The maximum atomic E-state index is 11.5. The summed E-state index contributed by atoms with van der Waals surface area (Å²) in [6.45, 7) is 0. The second-order valence-electron chi connectivity index (χ2n) is 3.30. The minimum atomic E-state index is -3.69. The summed E-state index contributed by atoms with van der Waals surface area (Å²) in [4.78, 5) is 10.3. The van der Waals surface area contributed by atoms with Crippen molar-refractivity contribution in [3.8, 4) is 0 Å². The van der Waals surface area contributed by atoms with Crippen molar-refractivity contribution in [2.24, 2.45) is 0 Å². The molecule has 94 valence electrons. The molecule has 17 heavy (non-hydrogen) atoms. The van der Waals surface area contributed by atoms with E-state index in [1.807, 2.05) is 0 Å². The minimum Gasteiger partial charge on any atom is -0.481 e. The predicted octanol–water partition coefficient (Wildman–Crippen LogP) is 1.14. The van der Waals surface area contributed by atoms with Crippen LogP contribution in [0.3, 0.4) is 0 Å². The number of rotatable bonds is 5. The summed E-state index contributed by atoms with van der Waals surface area (Å²) in [6, 6.07) is 4.26. The molecule has 4 N–H and O–H groups in total. The fraction of sp³-hybridized carbons (Fsp3) is 0.222. The zero-order valence-electron chi connectivity index (χ0n) is 8.68. The number of nitrogens with two attached hydrogens (primary N) is 1. The van der Waals surface area contributed by atoms with Crippen LogP contribution in [-0.4, -0.2) is 25.2 Å². The van der Waals surface area contributed by atoms with Crippen LogP contribution in [0.25, 0.3) is 0 Å². The molecule has 0 aliphatic carbocycles. The number of aliphatic carboxylic acids is 1. The molecule has 0 aliphatic rings. The quantitative estimate of drug-likeness (QED) is 0.700. The summed E-state index contributed by atoms with van der Waals surface area (Å²) in [5.41, 5.74) is 6.04. The van der Waals surface area contributed by atoms with Gasteiger partial charge in [0.05, 0.1) is 28.6 Å². The topological polar surface area (TPSA) is 109 Å². The van der Waals surface area contributed by atoms with E-state index in [0.717, 1.165) is 0 Å². The summed E-state index contributed by atoms with van der Waals surface area (Å²) in [6.07, 6.45) is -0.460. The highest BCUT2D eigenvalue weighted by atomic mass is 35.5. The molecular weight excluding hydrogens is 268 g/mol. The molecule has 0 unspecified atom stereocenters. The first-order valence-electron chi connectivity index (χ1n) is 4.57. The summed E-state index contributed by atoms with van der Waals surface area (Å²) in [5.74, 6) is -1.67. The number of carboxylic acids is 1. The lowest BCUT2D eigenvalue weighted by Crippen LogP contribution is -2.18. The molecule has 0 aliphatic heterocycles. The maximum absolute atomic E-state index is 11.5. The molecule has 6 nitrogen and oxygen atoms in total. The highest BCUT2D eigenvalue weighted by molar-refractivity contribution is 7.92. The number of benzene rings is 1. The summed E-state index contributed by atoms with van der Waals surface area (Å²) in [7, 11) is -3.69. The SMILES string of the molecule is Nc1ccc(NS(=O)(=O)CCC(=O)O)cc1Cl. The van der Waals surface area contributed by atoms with Crippen LogP contribution in [0.4, 0.5) is 11.4 Å². The van der Waals surface area contributed by atoms with Crippen molar-refractivity contribution in [2.45, 2.75) is 6.42 Å². The molecule has 0 saturated carbocycles. The number of carbonyl (C=O) groups is 1. The lowest BCUT2D eigenvalue weighted by Gasteiger charge is -2.08. The van der Waals surface area contributed by atoms with Gasteiger partial charge < -0.3 is 10.8 Å². The molecule has 0 aromatic heterocycles. The van der Waals surface area contributed by atoms with E-state index in [1.54, 1.807) is 0 Å². The van der Waals surface area contributed by atoms with Crippen LogP contribution in [-0.2, 0) is 14.8 Å². The lowest BCUT2D eigenvalue weighted by molar-refractivity contribution is -0.136. The van der Waals surface area contributed by atoms with Gasteiger partial charge in [0.1, 0.15) is 0 Å². The zero-order chi connectivity index (χ0) is 13.1. The second kappa shape index (κ2) is 5.24. The van der Waals surface area contributed by atoms with Gasteiger partial charge in [-0.2, -0.15) is 0 Å². The number of halogens is 1. The van der Waals surface area contributed by atoms with Crippen LogP contribution in [0.2, 0.25) is 5.02 Å². The van der Waals surface area contributed by atoms with Gasteiger partial charge in [-0.1, -0.05) is 11.6 Å². The average molecular weight is 279 g/mol. The molecular formula is C9H11ClN2O4S. The van der Waals surface area contributed by atoms with Gasteiger partial charge >= 0.3 is 5.97 Å². The van der Waals surface area contributed by atoms with Crippen molar-refractivity contribution in [1.82, 2.24) is 0 Å². The summed E-state index contributed by atoms with van der Waals surface area (Å²) < 4.78 is 25.1. The summed E-state index contributed by atoms with van der Waals surface area (Å²) in [5, 5.41) is 8.62. The van der Waals surface area contributed by atoms with Gasteiger partial charge in [-0.25, -0.2) is 8.42 Å². The van der Waals surface area contributed by atoms with Crippen LogP contribution in [0.5, 0.6) is 0 Å². The zero-order valence-corrected chi connectivity index (χ0v) is 10.3. The van der Waals surface area contributed by atoms with E-state index in [4.69, 9.17) is 22.4 Å². The van der Waals surface area contributed by atoms with E-state index in [9.17, 15) is 13.2 Å². The highest BCUT2D eigenvalue weighted by Gasteiger charge is 2.13. The Morgan fingerprint density at radius 3 is 2.65 bits per heavy atom. The molecule has 1 aromatic rings. The second-order valence-corrected chi connectivity index (χ2v) is 5.55. The number of sulfonamides is 1. The van der Waals surface area contributed by atoms with Gasteiger partial charge in [0.2, 0.25) is 10.0 Å². The Kier molecular flexibility index (Phi) is 4.19. The van der Waals surface area contributed by atoms with E-state index >= 15 is 0 Å².